The predicted molar refractivity (Wildman–Crippen MR) is 98.3 cm³/mol. The van der Waals surface area contributed by atoms with E-state index in [4.69, 9.17) is 40.2 Å². The van der Waals surface area contributed by atoms with Gasteiger partial charge in [-0.25, -0.2) is 0 Å². The first-order valence-electron chi connectivity index (χ1n) is 7.00. The van der Waals surface area contributed by atoms with Crippen molar-refractivity contribution in [3.05, 3.63) is 46.0 Å². The summed E-state index contributed by atoms with van der Waals surface area (Å²) >= 11 is 17.3. The number of halogens is 2. The number of hydrogen-bond acceptors (Lipinski definition) is 4. The van der Waals surface area contributed by atoms with Crippen LogP contribution in [0.5, 0.6) is 5.75 Å². The molecule has 5 nitrogen and oxygen atoms in total. The summed E-state index contributed by atoms with van der Waals surface area (Å²) in [4.78, 5) is 25.8. The van der Waals surface area contributed by atoms with Crippen LogP contribution in [-0.4, -0.2) is 35.0 Å². The number of hydrogen-bond donors (Lipinski definition) is 1. The minimum absolute atomic E-state index is 0.0461. The van der Waals surface area contributed by atoms with E-state index in [2.05, 4.69) is 11.9 Å². The zero-order chi connectivity index (χ0) is 17.9. The van der Waals surface area contributed by atoms with Crippen LogP contribution in [0.15, 0.2) is 30.4 Å². The summed E-state index contributed by atoms with van der Waals surface area (Å²) in [5.41, 5.74) is 0.431. The highest BCUT2D eigenvalue weighted by molar-refractivity contribution is 7.80. The molecule has 1 heterocycles. The van der Waals surface area contributed by atoms with Gasteiger partial charge in [-0.3, -0.25) is 19.8 Å². The van der Waals surface area contributed by atoms with Gasteiger partial charge in [0.05, 0.1) is 16.7 Å². The second kappa shape index (κ2) is 7.79. The van der Waals surface area contributed by atoms with Crippen molar-refractivity contribution in [3.8, 4) is 5.75 Å². The Labute approximate surface area is 154 Å². The van der Waals surface area contributed by atoms with E-state index in [0.29, 0.717) is 28.0 Å². The summed E-state index contributed by atoms with van der Waals surface area (Å²) < 4.78 is 5.35. The van der Waals surface area contributed by atoms with E-state index in [-0.39, 0.29) is 17.2 Å². The van der Waals surface area contributed by atoms with Crippen LogP contribution in [0, 0.1) is 0 Å². The topological polar surface area (TPSA) is 58.6 Å². The maximum absolute atomic E-state index is 12.5. The first-order chi connectivity index (χ1) is 11.4. The van der Waals surface area contributed by atoms with Gasteiger partial charge in [-0.15, -0.1) is 6.58 Å². The standard InChI is InChI=1S/C16H14Cl2N2O3S/c1-3-5-20-15(22)10(14(21)19-16(20)24)6-9-7-11(17)13(23-4-2)12(18)8-9/h3,6-8H,1,4-5H2,2H3,(H,19,21,24)/b10-6+. The fraction of sp³-hybridized carbons (Fsp3) is 0.188. The Hall–Kier alpha value is -1.89. The Morgan fingerprint density at radius 1 is 1.33 bits per heavy atom. The molecule has 1 aliphatic heterocycles. The minimum Gasteiger partial charge on any atom is -0.491 e. The number of nitrogens with zero attached hydrogens (tertiary/aromatic N) is 1. The van der Waals surface area contributed by atoms with Crippen LogP contribution < -0.4 is 10.1 Å². The maximum Gasteiger partial charge on any atom is 0.265 e. The summed E-state index contributed by atoms with van der Waals surface area (Å²) in [6.45, 7) is 5.98. The van der Waals surface area contributed by atoms with Gasteiger partial charge in [-0.2, -0.15) is 0 Å². The van der Waals surface area contributed by atoms with Gasteiger partial charge < -0.3 is 4.74 Å². The van der Waals surface area contributed by atoms with Crippen molar-refractivity contribution in [1.82, 2.24) is 10.2 Å². The fourth-order valence-corrected chi connectivity index (χ4v) is 2.96. The van der Waals surface area contributed by atoms with Crippen molar-refractivity contribution in [1.29, 1.82) is 0 Å². The highest BCUT2D eigenvalue weighted by Gasteiger charge is 2.32. The first-order valence-corrected chi connectivity index (χ1v) is 8.17. The number of ether oxygens (including phenoxy) is 1. The normalized spacial score (nSPS) is 16.4. The van der Waals surface area contributed by atoms with E-state index in [9.17, 15) is 9.59 Å². The van der Waals surface area contributed by atoms with Crippen molar-refractivity contribution in [2.24, 2.45) is 0 Å². The van der Waals surface area contributed by atoms with E-state index in [0.717, 1.165) is 0 Å². The largest absolute Gasteiger partial charge is 0.491 e. The number of nitrogens with one attached hydrogen (secondary N) is 1. The average molecular weight is 385 g/mol. The first kappa shape index (κ1) is 18.4. The van der Waals surface area contributed by atoms with Crippen LogP contribution in [0.25, 0.3) is 6.08 Å². The minimum atomic E-state index is -0.577. The van der Waals surface area contributed by atoms with Crippen molar-refractivity contribution in [2.75, 3.05) is 13.2 Å². The van der Waals surface area contributed by atoms with Crippen LogP contribution >= 0.6 is 35.4 Å². The van der Waals surface area contributed by atoms with Gasteiger partial charge in [0.1, 0.15) is 5.57 Å². The molecule has 0 spiro atoms. The predicted octanol–water partition coefficient (Wildman–Crippen LogP) is 3.20. The van der Waals surface area contributed by atoms with E-state index in [1.54, 1.807) is 12.1 Å². The molecule has 2 amide bonds. The molecule has 1 aromatic carbocycles. The lowest BCUT2D eigenvalue weighted by Gasteiger charge is -2.27. The number of rotatable bonds is 5. The molecular weight excluding hydrogens is 371 g/mol. The second-order valence-corrected chi connectivity index (χ2v) is 5.97. The molecule has 0 aromatic heterocycles. The number of benzene rings is 1. The number of amides is 2. The quantitative estimate of drug-likeness (QED) is 0.366. The lowest BCUT2D eigenvalue weighted by atomic mass is 10.1. The SMILES string of the molecule is C=CCN1C(=O)/C(=C/c2cc(Cl)c(OCC)c(Cl)c2)C(=O)NC1=S. The maximum atomic E-state index is 12.5. The van der Waals surface area contributed by atoms with Crippen LogP contribution in [0.3, 0.4) is 0 Å². The highest BCUT2D eigenvalue weighted by atomic mass is 35.5. The van der Waals surface area contributed by atoms with Crippen LogP contribution in [0.2, 0.25) is 10.0 Å². The van der Waals surface area contributed by atoms with Gasteiger partial charge in [-0.1, -0.05) is 29.3 Å². The Kier molecular flexibility index (Phi) is 5.99. The van der Waals surface area contributed by atoms with Crippen molar-refractivity contribution in [3.63, 3.8) is 0 Å². The summed E-state index contributed by atoms with van der Waals surface area (Å²) in [7, 11) is 0. The molecule has 126 valence electrons. The van der Waals surface area contributed by atoms with Crippen molar-refractivity contribution < 1.29 is 14.3 Å². The molecule has 0 atom stereocenters. The zero-order valence-electron chi connectivity index (χ0n) is 12.8. The zero-order valence-corrected chi connectivity index (χ0v) is 15.1. The van der Waals surface area contributed by atoms with Crippen LogP contribution in [0.1, 0.15) is 12.5 Å². The number of carbonyl (C=O) groups excluding carboxylic acids is 2. The van der Waals surface area contributed by atoms with E-state index < -0.39 is 11.8 Å². The molecule has 1 aromatic rings. The number of carbonyl (C=O) groups is 2. The Morgan fingerprint density at radius 3 is 2.50 bits per heavy atom. The molecule has 8 heteroatoms. The van der Waals surface area contributed by atoms with Gasteiger partial charge in [0, 0.05) is 6.54 Å². The third kappa shape index (κ3) is 3.77. The fourth-order valence-electron chi connectivity index (χ4n) is 2.10. The molecule has 0 aliphatic carbocycles. The van der Waals surface area contributed by atoms with Gasteiger partial charge >= 0.3 is 0 Å². The molecule has 0 saturated carbocycles. The summed E-state index contributed by atoms with van der Waals surface area (Å²) in [5.74, 6) is -0.729. The molecule has 1 aliphatic rings. The van der Waals surface area contributed by atoms with Gasteiger partial charge in [0.2, 0.25) is 0 Å². The third-order valence-corrected chi connectivity index (χ3v) is 4.00. The Morgan fingerprint density at radius 2 is 1.96 bits per heavy atom. The highest BCUT2D eigenvalue weighted by Crippen LogP contribution is 2.35. The lowest BCUT2D eigenvalue weighted by molar-refractivity contribution is -0.128. The van der Waals surface area contributed by atoms with Crippen molar-refractivity contribution >= 4 is 58.4 Å². The molecule has 0 bridgehead atoms. The summed E-state index contributed by atoms with van der Waals surface area (Å²) in [6, 6.07) is 3.13. The van der Waals surface area contributed by atoms with Gasteiger partial charge in [-0.05, 0) is 42.9 Å². The summed E-state index contributed by atoms with van der Waals surface area (Å²) in [6.07, 6.45) is 2.92. The number of thiocarbonyl (C=S) groups is 1. The second-order valence-electron chi connectivity index (χ2n) is 4.77. The van der Waals surface area contributed by atoms with E-state index >= 15 is 0 Å². The smallest absolute Gasteiger partial charge is 0.265 e. The van der Waals surface area contributed by atoms with Crippen LogP contribution in [0.4, 0.5) is 0 Å². The van der Waals surface area contributed by atoms with Gasteiger partial charge in [0.25, 0.3) is 11.8 Å². The lowest BCUT2D eigenvalue weighted by Crippen LogP contribution is -2.53. The van der Waals surface area contributed by atoms with Gasteiger partial charge in [0.15, 0.2) is 10.9 Å². The molecule has 0 radical (unpaired) electrons. The van der Waals surface area contributed by atoms with Crippen molar-refractivity contribution in [2.45, 2.75) is 6.92 Å². The Bertz CT molecular complexity index is 739. The molecule has 0 unspecified atom stereocenters. The van der Waals surface area contributed by atoms with Crippen LogP contribution in [-0.2, 0) is 9.59 Å². The molecule has 2 rings (SSSR count). The average Bonchev–Trinajstić information content (AvgIpc) is 2.51. The summed E-state index contributed by atoms with van der Waals surface area (Å²) in [5, 5.41) is 3.09. The van der Waals surface area contributed by atoms with E-state index in [1.165, 1.54) is 17.1 Å². The molecule has 1 fully saturated rings. The molecular formula is C16H14Cl2N2O3S. The molecule has 1 N–H and O–H groups in total. The Balaban J connectivity index is 2.42. The molecule has 24 heavy (non-hydrogen) atoms. The monoisotopic (exact) mass is 384 g/mol. The third-order valence-electron chi connectivity index (χ3n) is 3.12. The van der Waals surface area contributed by atoms with E-state index in [1.807, 2.05) is 6.92 Å². The molecule has 1 saturated heterocycles.